The molecule has 1 nitrogen and oxygen atoms in total. The zero-order valence-electron chi connectivity index (χ0n) is 14.9. The van der Waals surface area contributed by atoms with Crippen molar-refractivity contribution in [2.75, 3.05) is 6.61 Å². The Kier molecular flexibility index (Phi) is 11.5. The van der Waals surface area contributed by atoms with Crippen LogP contribution in [-0.2, 0) is 4.87 Å². The summed E-state index contributed by atoms with van der Waals surface area (Å²) < 4.78 is 0. The van der Waals surface area contributed by atoms with E-state index in [1.54, 1.807) is 0 Å². The molecule has 0 bridgehead atoms. The van der Waals surface area contributed by atoms with Gasteiger partial charge < -0.3 is 5.11 Å². The van der Waals surface area contributed by atoms with Crippen molar-refractivity contribution in [1.29, 1.82) is 0 Å². The van der Waals surface area contributed by atoms with Crippen LogP contribution in [0.25, 0.3) is 0 Å². The average molecular weight is 339 g/mol. The summed E-state index contributed by atoms with van der Waals surface area (Å²) >= 11 is 6.82. The molecule has 1 unspecified atom stereocenters. The van der Waals surface area contributed by atoms with Crippen molar-refractivity contribution in [3.8, 4) is 0 Å². The zero-order chi connectivity index (χ0) is 16.8. The Morgan fingerprint density at radius 1 is 0.783 bits per heavy atom. The highest BCUT2D eigenvalue weighted by Gasteiger charge is 2.28. The maximum absolute atomic E-state index is 9.34. The molecule has 1 aromatic carbocycles. The van der Waals surface area contributed by atoms with Crippen LogP contribution >= 0.6 is 11.6 Å². The number of hydrogen-bond acceptors (Lipinski definition) is 1. The molecular formula is C21H35ClO. The first kappa shape index (κ1) is 20.5. The molecule has 132 valence electrons. The summed E-state index contributed by atoms with van der Waals surface area (Å²) in [6.07, 6.45) is 15.0. The van der Waals surface area contributed by atoms with Gasteiger partial charge >= 0.3 is 0 Å². The quantitative estimate of drug-likeness (QED) is 0.291. The van der Waals surface area contributed by atoms with Crippen LogP contribution in [0.4, 0.5) is 0 Å². The molecule has 1 atom stereocenters. The van der Waals surface area contributed by atoms with Gasteiger partial charge in [0.2, 0.25) is 0 Å². The topological polar surface area (TPSA) is 20.2 Å². The van der Waals surface area contributed by atoms with Gasteiger partial charge in [-0.25, -0.2) is 0 Å². The Hall–Kier alpha value is -0.530. The van der Waals surface area contributed by atoms with Crippen molar-refractivity contribution in [3.05, 3.63) is 35.9 Å². The third-order valence-electron chi connectivity index (χ3n) is 4.73. The highest BCUT2D eigenvalue weighted by molar-refractivity contribution is 6.24. The van der Waals surface area contributed by atoms with Crippen LogP contribution in [0.2, 0.25) is 0 Å². The molecule has 0 saturated heterocycles. The van der Waals surface area contributed by atoms with E-state index < -0.39 is 4.87 Å². The van der Waals surface area contributed by atoms with Gasteiger partial charge in [0.15, 0.2) is 0 Å². The van der Waals surface area contributed by atoms with Gasteiger partial charge in [0.1, 0.15) is 0 Å². The van der Waals surface area contributed by atoms with E-state index in [-0.39, 0.29) is 6.61 Å². The molecule has 0 aliphatic rings. The number of rotatable bonds is 14. The SMILES string of the molecule is CCCCCCCCCCCCC(Cl)(CCO)c1ccccc1. The van der Waals surface area contributed by atoms with Crippen LogP contribution in [-0.4, -0.2) is 11.7 Å². The molecule has 0 amide bonds. The van der Waals surface area contributed by atoms with Crippen molar-refractivity contribution in [1.82, 2.24) is 0 Å². The molecule has 23 heavy (non-hydrogen) atoms. The monoisotopic (exact) mass is 338 g/mol. The minimum absolute atomic E-state index is 0.149. The number of aliphatic hydroxyl groups excluding tert-OH is 1. The predicted molar refractivity (Wildman–Crippen MR) is 102 cm³/mol. The lowest BCUT2D eigenvalue weighted by atomic mass is 9.89. The van der Waals surface area contributed by atoms with E-state index in [9.17, 15) is 5.11 Å². The molecule has 0 radical (unpaired) electrons. The predicted octanol–water partition coefficient (Wildman–Crippen LogP) is 6.81. The van der Waals surface area contributed by atoms with Gasteiger partial charge in [-0.1, -0.05) is 101 Å². The van der Waals surface area contributed by atoms with Gasteiger partial charge in [-0.2, -0.15) is 0 Å². The third kappa shape index (κ3) is 8.77. The van der Waals surface area contributed by atoms with Crippen molar-refractivity contribution in [2.24, 2.45) is 0 Å². The number of halogens is 1. The Morgan fingerprint density at radius 2 is 1.30 bits per heavy atom. The van der Waals surface area contributed by atoms with Crippen molar-refractivity contribution < 1.29 is 5.11 Å². The maximum atomic E-state index is 9.34. The molecule has 1 aromatic rings. The van der Waals surface area contributed by atoms with Gasteiger partial charge in [-0.15, -0.1) is 11.6 Å². The highest BCUT2D eigenvalue weighted by atomic mass is 35.5. The Labute approximate surface area is 148 Å². The summed E-state index contributed by atoms with van der Waals surface area (Å²) in [5, 5.41) is 9.34. The van der Waals surface area contributed by atoms with Gasteiger partial charge in [-0.05, 0) is 18.4 Å². The molecule has 1 rings (SSSR count). The second-order valence-electron chi connectivity index (χ2n) is 6.74. The lowest BCUT2D eigenvalue weighted by Gasteiger charge is -2.27. The fraction of sp³-hybridized carbons (Fsp3) is 0.714. The number of unbranched alkanes of at least 4 members (excludes halogenated alkanes) is 9. The van der Waals surface area contributed by atoms with E-state index in [2.05, 4.69) is 19.1 Å². The molecule has 0 aromatic heterocycles. The lowest BCUT2D eigenvalue weighted by Crippen LogP contribution is -2.20. The standard InChI is InChI=1S/C21H35ClO/c1-2-3-4-5-6-7-8-9-10-14-17-21(22,18-19-23)20-15-12-11-13-16-20/h11-13,15-16,23H,2-10,14,17-19H2,1H3. The summed E-state index contributed by atoms with van der Waals surface area (Å²) in [6.45, 7) is 2.42. The molecule has 0 saturated carbocycles. The van der Waals surface area contributed by atoms with Gasteiger partial charge in [0.05, 0.1) is 4.87 Å². The number of aliphatic hydroxyl groups is 1. The molecule has 0 aliphatic heterocycles. The normalized spacial score (nSPS) is 13.9. The van der Waals surface area contributed by atoms with Crippen molar-refractivity contribution in [3.63, 3.8) is 0 Å². The zero-order valence-corrected chi connectivity index (χ0v) is 15.7. The average Bonchev–Trinajstić information content (AvgIpc) is 2.58. The molecule has 1 N–H and O–H groups in total. The van der Waals surface area contributed by atoms with Crippen LogP contribution in [0.15, 0.2) is 30.3 Å². The number of benzene rings is 1. The second-order valence-corrected chi connectivity index (χ2v) is 7.46. The van der Waals surface area contributed by atoms with E-state index in [1.807, 2.05) is 18.2 Å². The third-order valence-corrected chi connectivity index (χ3v) is 5.32. The number of hydrogen-bond donors (Lipinski definition) is 1. The summed E-state index contributed by atoms with van der Waals surface area (Å²) in [4.78, 5) is -0.393. The lowest BCUT2D eigenvalue weighted by molar-refractivity contribution is 0.260. The van der Waals surface area contributed by atoms with Crippen molar-refractivity contribution >= 4 is 11.6 Å². The van der Waals surface area contributed by atoms with E-state index in [1.165, 1.54) is 57.8 Å². The van der Waals surface area contributed by atoms with Crippen LogP contribution in [0.5, 0.6) is 0 Å². The molecule has 0 heterocycles. The van der Waals surface area contributed by atoms with Crippen LogP contribution in [0.3, 0.4) is 0 Å². The smallest absolute Gasteiger partial charge is 0.0716 e. The first-order chi connectivity index (χ1) is 11.2. The maximum Gasteiger partial charge on any atom is 0.0716 e. The summed E-state index contributed by atoms with van der Waals surface area (Å²) in [5.41, 5.74) is 1.15. The van der Waals surface area contributed by atoms with Gasteiger partial charge in [0, 0.05) is 6.61 Å². The summed E-state index contributed by atoms with van der Waals surface area (Å²) in [7, 11) is 0. The summed E-state index contributed by atoms with van der Waals surface area (Å²) in [6, 6.07) is 10.2. The fourth-order valence-electron chi connectivity index (χ4n) is 3.22. The van der Waals surface area contributed by atoms with E-state index >= 15 is 0 Å². The first-order valence-corrected chi connectivity index (χ1v) is 9.96. The van der Waals surface area contributed by atoms with Crippen LogP contribution in [0, 0.1) is 0 Å². The molecule has 2 heteroatoms. The first-order valence-electron chi connectivity index (χ1n) is 9.58. The Balaban J connectivity index is 2.17. The Morgan fingerprint density at radius 3 is 1.83 bits per heavy atom. The Bertz CT molecular complexity index is 379. The minimum atomic E-state index is -0.393. The molecule has 0 fully saturated rings. The number of alkyl halides is 1. The highest BCUT2D eigenvalue weighted by Crippen LogP contribution is 2.37. The van der Waals surface area contributed by atoms with E-state index in [0.29, 0.717) is 6.42 Å². The van der Waals surface area contributed by atoms with Gasteiger partial charge in [0.25, 0.3) is 0 Å². The largest absolute Gasteiger partial charge is 0.396 e. The van der Waals surface area contributed by atoms with Crippen LogP contribution < -0.4 is 0 Å². The fourth-order valence-corrected chi connectivity index (χ4v) is 3.56. The van der Waals surface area contributed by atoms with E-state index in [0.717, 1.165) is 18.4 Å². The van der Waals surface area contributed by atoms with E-state index in [4.69, 9.17) is 11.6 Å². The molecular weight excluding hydrogens is 304 g/mol. The summed E-state index contributed by atoms with van der Waals surface area (Å²) in [5.74, 6) is 0. The minimum Gasteiger partial charge on any atom is -0.396 e. The molecule has 0 spiro atoms. The second kappa shape index (κ2) is 12.8. The molecule has 0 aliphatic carbocycles. The van der Waals surface area contributed by atoms with Crippen molar-refractivity contribution in [2.45, 2.75) is 88.8 Å². The van der Waals surface area contributed by atoms with Crippen LogP contribution in [0.1, 0.15) is 89.5 Å². The van der Waals surface area contributed by atoms with Gasteiger partial charge in [-0.3, -0.25) is 0 Å².